The Balaban J connectivity index is 2.75. The molecule has 1 nitrogen and oxygen atoms in total. The van der Waals surface area contributed by atoms with Crippen molar-refractivity contribution < 1.29 is 5.11 Å². The highest BCUT2D eigenvalue weighted by Crippen LogP contribution is 2.07. The zero-order chi connectivity index (χ0) is 6.69. The second-order valence-corrected chi connectivity index (χ2v) is 2.17. The summed E-state index contributed by atoms with van der Waals surface area (Å²) in [6, 6.07) is 0. The van der Waals surface area contributed by atoms with E-state index >= 15 is 0 Å². The number of hydrogen-bond donors (Lipinski definition) is 1. The van der Waals surface area contributed by atoms with Gasteiger partial charge in [-0.15, -0.1) is 0 Å². The van der Waals surface area contributed by atoms with Crippen LogP contribution >= 0.6 is 0 Å². The molecule has 48 valence electrons. The summed E-state index contributed by atoms with van der Waals surface area (Å²) in [5.74, 6) is 0.433. The summed E-state index contributed by atoms with van der Waals surface area (Å²) in [5, 5.41) is 8.97. The van der Waals surface area contributed by atoms with Gasteiger partial charge in [0.1, 0.15) is 0 Å². The van der Waals surface area contributed by atoms with E-state index in [1.807, 2.05) is 25.2 Å². The predicted octanol–water partition coefficient (Wildman–Crippen LogP) is 2.33. The molecular weight excluding hydrogens is 112 g/mol. The first kappa shape index (κ1) is 6.14. The molecule has 0 aromatic heterocycles. The van der Waals surface area contributed by atoms with Gasteiger partial charge in [0.05, 0.1) is 5.76 Å². The fourth-order valence-corrected chi connectivity index (χ4v) is 0.713. The van der Waals surface area contributed by atoms with Crippen molar-refractivity contribution in [3.05, 3.63) is 35.6 Å². The molecule has 1 rings (SSSR count). The van der Waals surface area contributed by atoms with Gasteiger partial charge in [-0.05, 0) is 13.0 Å². The highest BCUT2D eigenvalue weighted by atomic mass is 16.3. The smallest absolute Gasteiger partial charge is 0.0960 e. The molecule has 9 heavy (non-hydrogen) atoms. The predicted molar refractivity (Wildman–Crippen MR) is 38.2 cm³/mol. The van der Waals surface area contributed by atoms with Gasteiger partial charge in [0.25, 0.3) is 0 Å². The minimum Gasteiger partial charge on any atom is -0.512 e. The number of aliphatic hydroxyl groups excluding tert-OH is 1. The third-order valence-electron chi connectivity index (χ3n) is 1.28. The van der Waals surface area contributed by atoms with Crippen LogP contribution in [-0.4, -0.2) is 5.11 Å². The van der Waals surface area contributed by atoms with Gasteiger partial charge >= 0.3 is 0 Å². The summed E-state index contributed by atoms with van der Waals surface area (Å²) in [5.41, 5.74) is 1.20. The SMILES string of the molecule is CC1=CCC(O)=CC=C1. The first-order valence-corrected chi connectivity index (χ1v) is 3.02. The molecule has 0 unspecified atom stereocenters. The third kappa shape index (κ3) is 1.76. The molecule has 0 fully saturated rings. The lowest BCUT2D eigenvalue weighted by atomic mass is 10.2. The molecule has 0 aliphatic heterocycles. The van der Waals surface area contributed by atoms with Crippen molar-refractivity contribution in [2.24, 2.45) is 0 Å². The van der Waals surface area contributed by atoms with Crippen LogP contribution in [0.25, 0.3) is 0 Å². The van der Waals surface area contributed by atoms with Gasteiger partial charge in [-0.2, -0.15) is 0 Å². The van der Waals surface area contributed by atoms with Gasteiger partial charge < -0.3 is 5.11 Å². The summed E-state index contributed by atoms with van der Waals surface area (Å²) in [4.78, 5) is 0. The van der Waals surface area contributed by atoms with Crippen molar-refractivity contribution in [1.29, 1.82) is 0 Å². The van der Waals surface area contributed by atoms with E-state index in [-0.39, 0.29) is 0 Å². The van der Waals surface area contributed by atoms with Crippen LogP contribution in [0, 0.1) is 0 Å². The van der Waals surface area contributed by atoms with E-state index in [0.717, 1.165) is 0 Å². The summed E-state index contributed by atoms with van der Waals surface area (Å²) in [6.45, 7) is 2.02. The van der Waals surface area contributed by atoms with Crippen molar-refractivity contribution in [2.75, 3.05) is 0 Å². The fourth-order valence-electron chi connectivity index (χ4n) is 0.713. The van der Waals surface area contributed by atoms with Crippen LogP contribution in [0.2, 0.25) is 0 Å². The van der Waals surface area contributed by atoms with E-state index in [4.69, 9.17) is 5.11 Å². The van der Waals surface area contributed by atoms with E-state index in [9.17, 15) is 0 Å². The summed E-state index contributed by atoms with van der Waals surface area (Å²) in [7, 11) is 0. The summed E-state index contributed by atoms with van der Waals surface area (Å²) < 4.78 is 0. The fraction of sp³-hybridized carbons (Fsp3) is 0.250. The molecule has 1 aliphatic carbocycles. The van der Waals surface area contributed by atoms with Crippen LogP contribution in [-0.2, 0) is 0 Å². The van der Waals surface area contributed by atoms with E-state index in [0.29, 0.717) is 12.2 Å². The Hall–Kier alpha value is -0.980. The van der Waals surface area contributed by atoms with Gasteiger partial charge in [0, 0.05) is 6.42 Å². The Morgan fingerprint density at radius 3 is 3.11 bits per heavy atom. The van der Waals surface area contributed by atoms with Crippen LogP contribution in [0.5, 0.6) is 0 Å². The minimum atomic E-state index is 0.433. The highest BCUT2D eigenvalue weighted by Gasteiger charge is 1.91. The lowest BCUT2D eigenvalue weighted by molar-refractivity contribution is 0.401. The molecule has 0 saturated carbocycles. The van der Waals surface area contributed by atoms with E-state index in [1.165, 1.54) is 5.57 Å². The maximum atomic E-state index is 8.97. The summed E-state index contributed by atoms with van der Waals surface area (Å²) >= 11 is 0. The highest BCUT2D eigenvalue weighted by molar-refractivity contribution is 5.26. The van der Waals surface area contributed by atoms with Crippen LogP contribution in [0.15, 0.2) is 35.6 Å². The average molecular weight is 122 g/mol. The molecule has 0 aromatic rings. The van der Waals surface area contributed by atoms with E-state index in [2.05, 4.69) is 0 Å². The summed E-state index contributed by atoms with van der Waals surface area (Å²) in [6.07, 6.45) is 8.21. The molecular formula is C8H10O. The minimum absolute atomic E-state index is 0.433. The average Bonchev–Trinajstić information content (AvgIpc) is 1.97. The van der Waals surface area contributed by atoms with Crippen LogP contribution in [0.1, 0.15) is 13.3 Å². The molecule has 0 atom stereocenters. The molecule has 0 aromatic carbocycles. The molecule has 1 N–H and O–H groups in total. The molecule has 1 heteroatoms. The van der Waals surface area contributed by atoms with Gasteiger partial charge in [-0.25, -0.2) is 0 Å². The van der Waals surface area contributed by atoms with Gasteiger partial charge in [0.2, 0.25) is 0 Å². The van der Waals surface area contributed by atoms with Crippen molar-refractivity contribution in [3.8, 4) is 0 Å². The lowest BCUT2D eigenvalue weighted by Crippen LogP contribution is -1.73. The maximum Gasteiger partial charge on any atom is 0.0960 e. The molecule has 0 radical (unpaired) electrons. The van der Waals surface area contributed by atoms with Crippen LogP contribution in [0.4, 0.5) is 0 Å². The molecule has 0 spiro atoms. The number of rotatable bonds is 0. The number of aliphatic hydroxyl groups is 1. The van der Waals surface area contributed by atoms with E-state index < -0.39 is 0 Å². The largest absolute Gasteiger partial charge is 0.512 e. The first-order valence-electron chi connectivity index (χ1n) is 3.02. The Morgan fingerprint density at radius 2 is 2.33 bits per heavy atom. The second kappa shape index (κ2) is 2.53. The standard InChI is InChI=1S/C8H10O/c1-7-3-2-4-8(9)6-5-7/h2-5,9H,6H2,1H3. The monoisotopic (exact) mass is 122 g/mol. The van der Waals surface area contributed by atoms with Gasteiger partial charge in [0.15, 0.2) is 0 Å². The van der Waals surface area contributed by atoms with Crippen LogP contribution in [0.3, 0.4) is 0 Å². The third-order valence-corrected chi connectivity index (χ3v) is 1.28. The van der Waals surface area contributed by atoms with Crippen molar-refractivity contribution in [1.82, 2.24) is 0 Å². The number of hydrogen-bond acceptors (Lipinski definition) is 1. The van der Waals surface area contributed by atoms with Gasteiger partial charge in [-0.3, -0.25) is 0 Å². The zero-order valence-electron chi connectivity index (χ0n) is 5.46. The Morgan fingerprint density at radius 1 is 1.56 bits per heavy atom. The Kier molecular flexibility index (Phi) is 1.73. The van der Waals surface area contributed by atoms with Gasteiger partial charge in [-0.1, -0.05) is 23.8 Å². The molecule has 0 amide bonds. The quantitative estimate of drug-likeness (QED) is 0.522. The van der Waals surface area contributed by atoms with E-state index in [1.54, 1.807) is 6.08 Å². The molecule has 1 aliphatic rings. The number of allylic oxidation sites excluding steroid dienone is 5. The Labute approximate surface area is 55.0 Å². The van der Waals surface area contributed by atoms with Crippen molar-refractivity contribution in [2.45, 2.75) is 13.3 Å². The van der Waals surface area contributed by atoms with Crippen molar-refractivity contribution in [3.63, 3.8) is 0 Å². The zero-order valence-corrected chi connectivity index (χ0v) is 5.46. The second-order valence-electron chi connectivity index (χ2n) is 2.17. The lowest BCUT2D eigenvalue weighted by Gasteiger charge is -1.88. The maximum absolute atomic E-state index is 8.97. The van der Waals surface area contributed by atoms with Crippen LogP contribution < -0.4 is 0 Å². The molecule has 0 saturated heterocycles. The first-order chi connectivity index (χ1) is 4.29. The molecule has 0 bridgehead atoms. The molecule has 0 heterocycles. The Bertz CT molecular complexity index is 182. The van der Waals surface area contributed by atoms with Crippen molar-refractivity contribution >= 4 is 0 Å². The normalized spacial score (nSPS) is 18.3. The topological polar surface area (TPSA) is 20.2 Å².